The maximum Gasteiger partial charge on any atom is 0.406 e. The van der Waals surface area contributed by atoms with Gasteiger partial charge in [-0.3, -0.25) is 9.69 Å². The van der Waals surface area contributed by atoms with Crippen LogP contribution in [0.2, 0.25) is 0 Å². The highest BCUT2D eigenvalue weighted by Crippen LogP contribution is 2.18. The van der Waals surface area contributed by atoms with Gasteiger partial charge in [0, 0.05) is 32.7 Å². The Morgan fingerprint density at radius 2 is 1.96 bits per heavy atom. The van der Waals surface area contributed by atoms with Crippen LogP contribution in [-0.2, 0) is 4.79 Å². The van der Waals surface area contributed by atoms with E-state index in [1.807, 2.05) is 6.92 Å². The normalized spacial score (nSPS) is 18.6. The minimum atomic E-state index is -4.40. The summed E-state index contributed by atoms with van der Waals surface area (Å²) in [6.45, 7) is 5.77. The van der Waals surface area contributed by atoms with E-state index in [1.54, 1.807) is 0 Å². The van der Waals surface area contributed by atoms with Gasteiger partial charge in [-0.1, -0.05) is 13.3 Å². The third-order valence-electron chi connectivity index (χ3n) is 4.47. The van der Waals surface area contributed by atoms with Crippen LogP contribution in [0, 0.1) is 0 Å². The van der Waals surface area contributed by atoms with E-state index in [4.69, 9.17) is 0 Å². The summed E-state index contributed by atoms with van der Waals surface area (Å²) >= 11 is 0. The zero-order valence-corrected chi connectivity index (χ0v) is 18.8. The molecule has 0 aromatic rings. The van der Waals surface area contributed by atoms with Crippen LogP contribution in [0.5, 0.6) is 0 Å². The van der Waals surface area contributed by atoms with E-state index in [2.05, 4.69) is 27.4 Å². The molecule has 6 nitrogen and oxygen atoms in total. The van der Waals surface area contributed by atoms with Crippen molar-refractivity contribution >= 4 is 35.8 Å². The number of alkyl halides is 3. The molecule has 27 heavy (non-hydrogen) atoms. The van der Waals surface area contributed by atoms with Crippen molar-refractivity contribution < 1.29 is 18.0 Å². The summed E-state index contributed by atoms with van der Waals surface area (Å²) in [7, 11) is 1.13. The number of amides is 1. The van der Waals surface area contributed by atoms with Gasteiger partial charge in [0.15, 0.2) is 5.96 Å². The molecule has 2 N–H and O–H groups in total. The molecule has 160 valence electrons. The summed E-state index contributed by atoms with van der Waals surface area (Å²) in [6, 6.07) is 0.614. The number of carbonyl (C=O) groups excluding carboxylic acids is 1. The van der Waals surface area contributed by atoms with Crippen molar-refractivity contribution in [2.24, 2.45) is 4.99 Å². The van der Waals surface area contributed by atoms with Gasteiger partial charge in [-0.15, -0.1) is 24.0 Å². The van der Waals surface area contributed by atoms with Gasteiger partial charge in [0.2, 0.25) is 5.91 Å². The molecule has 1 unspecified atom stereocenters. The lowest BCUT2D eigenvalue weighted by Crippen LogP contribution is -2.46. The zero-order valence-electron chi connectivity index (χ0n) is 16.4. The fraction of sp³-hybridized carbons (Fsp3) is 0.882. The van der Waals surface area contributed by atoms with E-state index >= 15 is 0 Å². The second-order valence-electron chi connectivity index (χ2n) is 6.58. The number of guanidine groups is 1. The predicted molar refractivity (Wildman–Crippen MR) is 113 cm³/mol. The average molecular weight is 507 g/mol. The van der Waals surface area contributed by atoms with Gasteiger partial charge in [0.25, 0.3) is 0 Å². The molecule has 0 aromatic heterocycles. The number of nitrogens with zero attached hydrogens (tertiary/aromatic N) is 3. The largest absolute Gasteiger partial charge is 0.406 e. The van der Waals surface area contributed by atoms with Gasteiger partial charge < -0.3 is 15.5 Å². The molecular formula is C17H33F3IN5O. The van der Waals surface area contributed by atoms with Gasteiger partial charge in [-0.25, -0.2) is 4.99 Å². The molecule has 1 rings (SSSR count). The minimum absolute atomic E-state index is 0. The number of nitrogens with one attached hydrogen (secondary N) is 2. The van der Waals surface area contributed by atoms with Crippen LogP contribution >= 0.6 is 24.0 Å². The first-order valence-electron chi connectivity index (χ1n) is 9.33. The predicted octanol–water partition coefficient (Wildman–Crippen LogP) is 2.44. The number of likely N-dealkylation sites (N-methyl/N-ethyl adjacent to an activating group) is 1. The smallest absolute Gasteiger partial charge is 0.357 e. The minimum Gasteiger partial charge on any atom is -0.357 e. The fourth-order valence-corrected chi connectivity index (χ4v) is 3.10. The third-order valence-corrected chi connectivity index (χ3v) is 4.47. The Balaban J connectivity index is 0.00000676. The quantitative estimate of drug-likeness (QED) is 0.301. The number of likely N-dealkylation sites (tertiary alicyclic amines) is 1. The van der Waals surface area contributed by atoms with Crippen LogP contribution in [0.25, 0.3) is 0 Å². The Bertz CT molecular complexity index is 462. The molecule has 0 bridgehead atoms. The number of hydrogen-bond acceptors (Lipinski definition) is 3. The monoisotopic (exact) mass is 507 g/mol. The summed E-state index contributed by atoms with van der Waals surface area (Å²) in [4.78, 5) is 19.0. The van der Waals surface area contributed by atoms with Crippen molar-refractivity contribution in [2.45, 2.75) is 51.7 Å². The summed E-state index contributed by atoms with van der Waals surface area (Å²) in [5.41, 5.74) is 0. The first kappa shape index (κ1) is 26.2. The fourth-order valence-electron chi connectivity index (χ4n) is 3.10. The van der Waals surface area contributed by atoms with E-state index in [-0.39, 0.29) is 30.5 Å². The molecule has 1 aliphatic heterocycles. The lowest BCUT2D eigenvalue weighted by atomic mass is 10.0. The number of halogens is 4. The molecule has 1 atom stereocenters. The summed E-state index contributed by atoms with van der Waals surface area (Å²) in [5, 5.41) is 6.17. The number of piperidine rings is 1. The molecule has 0 radical (unpaired) electrons. The summed E-state index contributed by atoms with van der Waals surface area (Å²) in [6.07, 6.45) is 0.449. The van der Waals surface area contributed by atoms with E-state index < -0.39 is 18.6 Å². The van der Waals surface area contributed by atoms with Crippen LogP contribution < -0.4 is 10.6 Å². The molecule has 0 aliphatic carbocycles. The number of aliphatic imine (C=N–C) groups is 1. The molecule has 1 aliphatic rings. The average Bonchev–Trinajstić information content (AvgIpc) is 2.58. The van der Waals surface area contributed by atoms with Gasteiger partial charge in [0.1, 0.15) is 13.1 Å². The maximum atomic E-state index is 12.3. The van der Waals surface area contributed by atoms with Gasteiger partial charge in [0.05, 0.1) is 0 Å². The Labute approximate surface area is 177 Å². The molecular weight excluding hydrogens is 474 g/mol. The molecule has 0 spiro atoms. The van der Waals surface area contributed by atoms with Crippen molar-refractivity contribution in [1.82, 2.24) is 20.4 Å². The van der Waals surface area contributed by atoms with E-state index in [1.165, 1.54) is 19.3 Å². The van der Waals surface area contributed by atoms with Crippen molar-refractivity contribution in [3.8, 4) is 0 Å². The second kappa shape index (κ2) is 13.4. The Morgan fingerprint density at radius 1 is 1.26 bits per heavy atom. The second-order valence-corrected chi connectivity index (χ2v) is 6.58. The highest BCUT2D eigenvalue weighted by Gasteiger charge is 2.31. The highest BCUT2D eigenvalue weighted by molar-refractivity contribution is 14.0. The van der Waals surface area contributed by atoms with Crippen molar-refractivity contribution in [2.75, 3.05) is 46.3 Å². The van der Waals surface area contributed by atoms with Crippen molar-refractivity contribution in [3.05, 3.63) is 0 Å². The van der Waals surface area contributed by atoms with Gasteiger partial charge in [-0.05, 0) is 32.7 Å². The molecule has 10 heteroatoms. The molecule has 1 heterocycles. The van der Waals surface area contributed by atoms with Crippen LogP contribution in [0.3, 0.4) is 0 Å². The first-order chi connectivity index (χ1) is 12.3. The van der Waals surface area contributed by atoms with Gasteiger partial charge in [-0.2, -0.15) is 13.2 Å². The van der Waals surface area contributed by atoms with Crippen LogP contribution in [0.15, 0.2) is 4.99 Å². The van der Waals surface area contributed by atoms with E-state index in [0.29, 0.717) is 30.0 Å². The highest BCUT2D eigenvalue weighted by atomic mass is 127. The van der Waals surface area contributed by atoms with E-state index in [9.17, 15) is 18.0 Å². The number of carbonyl (C=O) groups is 1. The molecule has 1 fully saturated rings. The Hall–Kier alpha value is -0.780. The Kier molecular flexibility index (Phi) is 13.0. The van der Waals surface area contributed by atoms with Crippen LogP contribution in [0.4, 0.5) is 13.2 Å². The van der Waals surface area contributed by atoms with E-state index in [0.717, 1.165) is 26.6 Å². The Morgan fingerprint density at radius 3 is 2.56 bits per heavy atom. The van der Waals surface area contributed by atoms with Crippen molar-refractivity contribution in [1.29, 1.82) is 0 Å². The van der Waals surface area contributed by atoms with Gasteiger partial charge >= 0.3 is 6.18 Å². The summed E-state index contributed by atoms with van der Waals surface area (Å²) in [5.74, 6) is -0.215. The lowest BCUT2D eigenvalue weighted by Gasteiger charge is -2.35. The molecule has 0 saturated carbocycles. The summed E-state index contributed by atoms with van der Waals surface area (Å²) < 4.78 is 37.0. The topological polar surface area (TPSA) is 60.0 Å². The lowest BCUT2D eigenvalue weighted by molar-refractivity contribution is -0.157. The van der Waals surface area contributed by atoms with Crippen LogP contribution in [0.1, 0.15) is 39.5 Å². The third kappa shape index (κ3) is 11.0. The van der Waals surface area contributed by atoms with Crippen molar-refractivity contribution in [3.63, 3.8) is 0 Å². The number of rotatable bonds is 8. The first-order valence-corrected chi connectivity index (χ1v) is 9.33. The molecule has 0 aromatic carbocycles. The molecule has 1 saturated heterocycles. The SMILES string of the molecule is CCNC(=NCC(=O)N(C)CC(F)(F)F)NCCN1CCCCC1CC.I. The van der Waals surface area contributed by atoms with Crippen LogP contribution in [-0.4, -0.2) is 80.2 Å². The molecule has 1 amide bonds. The number of hydrogen-bond donors (Lipinski definition) is 2. The zero-order chi connectivity index (χ0) is 19.6. The standard InChI is InChI=1S/C17H32F3N5O.HI/c1-4-14-8-6-7-10-25(14)11-9-22-16(21-5-2)23-12-15(26)24(3)13-17(18,19)20;/h14H,4-13H2,1-3H3,(H2,21,22,23);1H. The maximum absolute atomic E-state index is 12.3.